The van der Waals surface area contributed by atoms with E-state index in [1.54, 1.807) is 0 Å². The van der Waals surface area contributed by atoms with Crippen LogP contribution in [-0.2, 0) is 4.74 Å². The van der Waals surface area contributed by atoms with Gasteiger partial charge >= 0.3 is 0 Å². The quantitative estimate of drug-likeness (QED) is 0.575. The summed E-state index contributed by atoms with van der Waals surface area (Å²) in [4.78, 5) is 0. The van der Waals surface area contributed by atoms with Crippen LogP contribution in [0.5, 0.6) is 0 Å². The average Bonchev–Trinajstić information content (AvgIpc) is 2.23. The molecule has 0 aromatic carbocycles. The standard InChI is InChI=1S/C14H30N2O/c1-4-17-14-9-13(10-14)5-6-15-7-8-16-11-12(2)3/h12-16H,4-11H2,1-3H3. The Morgan fingerprint density at radius 2 is 1.82 bits per heavy atom. The summed E-state index contributed by atoms with van der Waals surface area (Å²) in [6.07, 6.45) is 4.44. The second-order valence-electron chi connectivity index (χ2n) is 5.55. The van der Waals surface area contributed by atoms with E-state index in [0.29, 0.717) is 6.10 Å². The van der Waals surface area contributed by atoms with Crippen molar-refractivity contribution >= 4 is 0 Å². The third kappa shape index (κ3) is 7.02. The molecule has 17 heavy (non-hydrogen) atoms. The topological polar surface area (TPSA) is 33.3 Å². The van der Waals surface area contributed by atoms with E-state index in [1.807, 2.05) is 0 Å². The van der Waals surface area contributed by atoms with Crippen molar-refractivity contribution in [2.45, 2.75) is 46.1 Å². The number of ether oxygens (including phenoxy) is 1. The molecule has 0 aliphatic heterocycles. The van der Waals surface area contributed by atoms with Crippen molar-refractivity contribution in [1.29, 1.82) is 0 Å². The highest BCUT2D eigenvalue weighted by Gasteiger charge is 2.28. The average molecular weight is 242 g/mol. The normalized spacial score (nSPS) is 24.0. The molecule has 3 nitrogen and oxygen atoms in total. The highest BCUT2D eigenvalue weighted by Crippen LogP contribution is 2.32. The largest absolute Gasteiger partial charge is 0.378 e. The molecule has 0 heterocycles. The Morgan fingerprint density at radius 1 is 1.12 bits per heavy atom. The number of hydrogen-bond donors (Lipinski definition) is 2. The number of rotatable bonds is 10. The van der Waals surface area contributed by atoms with Gasteiger partial charge in [-0.15, -0.1) is 0 Å². The maximum Gasteiger partial charge on any atom is 0.0580 e. The van der Waals surface area contributed by atoms with E-state index < -0.39 is 0 Å². The van der Waals surface area contributed by atoms with Gasteiger partial charge in [-0.25, -0.2) is 0 Å². The molecule has 0 unspecified atom stereocenters. The fourth-order valence-electron chi connectivity index (χ4n) is 2.28. The fraction of sp³-hybridized carbons (Fsp3) is 1.00. The lowest BCUT2D eigenvalue weighted by Gasteiger charge is -2.35. The Labute approximate surface area is 107 Å². The van der Waals surface area contributed by atoms with Crippen LogP contribution in [0.2, 0.25) is 0 Å². The van der Waals surface area contributed by atoms with Crippen LogP contribution in [0.3, 0.4) is 0 Å². The zero-order valence-electron chi connectivity index (χ0n) is 11.8. The Balaban J connectivity index is 1.77. The Kier molecular flexibility index (Phi) is 7.82. The molecule has 1 aliphatic rings. The molecule has 1 saturated carbocycles. The summed E-state index contributed by atoms with van der Waals surface area (Å²) in [6.45, 7) is 11.9. The molecule has 1 aliphatic carbocycles. The van der Waals surface area contributed by atoms with E-state index in [1.165, 1.54) is 19.3 Å². The maximum absolute atomic E-state index is 5.56. The van der Waals surface area contributed by atoms with Crippen molar-refractivity contribution in [3.8, 4) is 0 Å². The molecule has 1 fully saturated rings. The first kappa shape index (κ1) is 14.9. The minimum atomic E-state index is 0.567. The van der Waals surface area contributed by atoms with E-state index in [4.69, 9.17) is 4.74 Å². The highest BCUT2D eigenvalue weighted by atomic mass is 16.5. The summed E-state index contributed by atoms with van der Waals surface area (Å²) in [6, 6.07) is 0. The van der Waals surface area contributed by atoms with E-state index in [-0.39, 0.29) is 0 Å². The summed E-state index contributed by atoms with van der Waals surface area (Å²) in [5, 5.41) is 6.94. The van der Waals surface area contributed by atoms with Crippen molar-refractivity contribution < 1.29 is 4.74 Å². The van der Waals surface area contributed by atoms with Crippen LogP contribution < -0.4 is 10.6 Å². The van der Waals surface area contributed by atoms with Crippen LogP contribution in [0.1, 0.15) is 40.0 Å². The molecule has 3 heteroatoms. The Bertz CT molecular complexity index is 179. The third-order valence-corrected chi connectivity index (χ3v) is 3.36. The zero-order valence-corrected chi connectivity index (χ0v) is 11.8. The highest BCUT2D eigenvalue weighted by molar-refractivity contribution is 4.80. The Morgan fingerprint density at radius 3 is 2.47 bits per heavy atom. The molecule has 0 aromatic rings. The van der Waals surface area contributed by atoms with Gasteiger partial charge in [0.25, 0.3) is 0 Å². The van der Waals surface area contributed by atoms with Crippen LogP contribution in [0.4, 0.5) is 0 Å². The van der Waals surface area contributed by atoms with Gasteiger partial charge in [-0.3, -0.25) is 0 Å². The monoisotopic (exact) mass is 242 g/mol. The van der Waals surface area contributed by atoms with Gasteiger partial charge in [0.05, 0.1) is 6.10 Å². The molecule has 0 saturated heterocycles. The van der Waals surface area contributed by atoms with Crippen molar-refractivity contribution in [2.24, 2.45) is 11.8 Å². The van der Waals surface area contributed by atoms with Gasteiger partial charge in [0, 0.05) is 19.7 Å². The van der Waals surface area contributed by atoms with Crippen molar-refractivity contribution in [3.05, 3.63) is 0 Å². The SMILES string of the molecule is CCOC1CC(CCNCCNCC(C)C)C1. The predicted molar refractivity (Wildman–Crippen MR) is 73.3 cm³/mol. The number of hydrogen-bond acceptors (Lipinski definition) is 3. The minimum absolute atomic E-state index is 0.567. The molecule has 0 radical (unpaired) electrons. The van der Waals surface area contributed by atoms with Crippen LogP contribution in [0.15, 0.2) is 0 Å². The van der Waals surface area contributed by atoms with Gasteiger partial charge in [-0.1, -0.05) is 13.8 Å². The molecule has 0 spiro atoms. The third-order valence-electron chi connectivity index (χ3n) is 3.36. The molecule has 0 aromatic heterocycles. The summed E-state index contributed by atoms with van der Waals surface area (Å²) in [7, 11) is 0. The van der Waals surface area contributed by atoms with E-state index in [9.17, 15) is 0 Å². The summed E-state index contributed by atoms with van der Waals surface area (Å²) in [5.41, 5.74) is 0. The second-order valence-corrected chi connectivity index (χ2v) is 5.55. The molecule has 1 rings (SSSR count). The van der Waals surface area contributed by atoms with Crippen LogP contribution >= 0.6 is 0 Å². The Hall–Kier alpha value is -0.120. The summed E-state index contributed by atoms with van der Waals surface area (Å²) < 4.78 is 5.56. The van der Waals surface area contributed by atoms with Gasteiger partial charge in [-0.2, -0.15) is 0 Å². The maximum atomic E-state index is 5.56. The first-order valence-corrected chi connectivity index (χ1v) is 7.25. The predicted octanol–water partition coefficient (Wildman–Crippen LogP) is 2.03. The molecule has 102 valence electrons. The minimum Gasteiger partial charge on any atom is -0.378 e. The number of nitrogens with one attached hydrogen (secondary N) is 2. The van der Waals surface area contributed by atoms with E-state index >= 15 is 0 Å². The lowest BCUT2D eigenvalue weighted by atomic mass is 9.80. The van der Waals surface area contributed by atoms with Crippen LogP contribution in [-0.4, -0.2) is 38.9 Å². The molecular weight excluding hydrogens is 212 g/mol. The van der Waals surface area contributed by atoms with Gasteiger partial charge < -0.3 is 15.4 Å². The molecule has 2 N–H and O–H groups in total. The smallest absolute Gasteiger partial charge is 0.0580 e. The van der Waals surface area contributed by atoms with Crippen molar-refractivity contribution in [1.82, 2.24) is 10.6 Å². The fourth-order valence-corrected chi connectivity index (χ4v) is 2.28. The first-order valence-electron chi connectivity index (χ1n) is 7.25. The van der Waals surface area contributed by atoms with Gasteiger partial charge in [-0.05, 0) is 51.1 Å². The summed E-state index contributed by atoms with van der Waals surface area (Å²) in [5.74, 6) is 1.66. The molecular formula is C14H30N2O. The van der Waals surface area contributed by atoms with Gasteiger partial charge in [0.1, 0.15) is 0 Å². The zero-order chi connectivity index (χ0) is 12.5. The van der Waals surface area contributed by atoms with Crippen LogP contribution in [0.25, 0.3) is 0 Å². The molecule has 0 amide bonds. The van der Waals surface area contributed by atoms with E-state index in [0.717, 1.165) is 44.6 Å². The lowest BCUT2D eigenvalue weighted by Crippen LogP contribution is -2.35. The first-order chi connectivity index (χ1) is 8.22. The van der Waals surface area contributed by atoms with Crippen molar-refractivity contribution in [2.75, 3.05) is 32.8 Å². The second kappa shape index (κ2) is 8.90. The summed E-state index contributed by atoms with van der Waals surface area (Å²) >= 11 is 0. The van der Waals surface area contributed by atoms with Gasteiger partial charge in [0.15, 0.2) is 0 Å². The lowest BCUT2D eigenvalue weighted by molar-refractivity contribution is -0.0262. The van der Waals surface area contributed by atoms with Crippen LogP contribution in [0, 0.1) is 11.8 Å². The molecule has 0 bridgehead atoms. The van der Waals surface area contributed by atoms with E-state index in [2.05, 4.69) is 31.4 Å². The van der Waals surface area contributed by atoms with Gasteiger partial charge in [0.2, 0.25) is 0 Å². The van der Waals surface area contributed by atoms with Crippen molar-refractivity contribution in [3.63, 3.8) is 0 Å². The molecule has 0 atom stereocenters.